The van der Waals surface area contributed by atoms with Crippen LogP contribution >= 0.6 is 11.8 Å². The molecular formula is C25H30F6O8S3. The number of thioether (sulfide) groups is 1. The van der Waals surface area contributed by atoms with Crippen LogP contribution in [0.5, 0.6) is 5.75 Å². The molecule has 0 amide bonds. The Labute approximate surface area is 243 Å². The van der Waals surface area contributed by atoms with Crippen molar-refractivity contribution < 1.29 is 61.4 Å². The molecule has 1 aromatic rings. The third-order valence-corrected chi connectivity index (χ3v) is 11.9. The first-order valence-electron chi connectivity index (χ1n) is 13.0. The average molecular weight is 669 g/mol. The molecule has 4 saturated carbocycles. The molecule has 0 saturated heterocycles. The van der Waals surface area contributed by atoms with E-state index in [1.165, 1.54) is 19.3 Å². The van der Waals surface area contributed by atoms with Crippen LogP contribution in [0.3, 0.4) is 0 Å². The summed E-state index contributed by atoms with van der Waals surface area (Å²) < 4.78 is 145. The molecule has 4 bridgehead atoms. The van der Waals surface area contributed by atoms with Crippen LogP contribution in [-0.4, -0.2) is 55.1 Å². The summed E-state index contributed by atoms with van der Waals surface area (Å²) in [5.74, 6) is -6.23. The van der Waals surface area contributed by atoms with Gasteiger partial charge in [0.2, 0.25) is 0 Å². The average Bonchev–Trinajstić information content (AvgIpc) is 2.82. The Hall–Kier alpha value is -1.72. The summed E-state index contributed by atoms with van der Waals surface area (Å²) in [5, 5.41) is -13.6. The van der Waals surface area contributed by atoms with Crippen LogP contribution in [-0.2, 0) is 29.8 Å². The fourth-order valence-electron chi connectivity index (χ4n) is 6.80. The van der Waals surface area contributed by atoms with Crippen LogP contribution < -0.4 is 4.18 Å². The van der Waals surface area contributed by atoms with Crippen molar-refractivity contribution in [1.29, 1.82) is 0 Å². The molecule has 0 heterocycles. The van der Waals surface area contributed by atoms with Gasteiger partial charge in [-0.2, -0.15) is 43.2 Å². The Balaban J connectivity index is 1.32. The van der Waals surface area contributed by atoms with E-state index >= 15 is 0 Å². The van der Waals surface area contributed by atoms with Crippen molar-refractivity contribution in [3.8, 4) is 5.75 Å². The highest BCUT2D eigenvalue weighted by molar-refractivity contribution is 7.99. The maximum atomic E-state index is 14.0. The lowest BCUT2D eigenvalue weighted by Crippen LogP contribution is -2.61. The first-order chi connectivity index (χ1) is 19.0. The number of carbonyl (C=O) groups excluding carboxylic acids is 1. The molecule has 0 unspecified atom stereocenters. The minimum atomic E-state index is -7.14. The standard InChI is InChI=1S/C25H30F6O8S3/c1-21(2,22-12-15-9-16(13-22)11-17(10-15)14-22)38-20(32)7-8-40-19-5-3-18(4-6-19)39-42(36,37)25(30,31)23(26,27)24(28,29)41(33,34)35/h3-6,15-17H,7-14H2,1-2H3,(H,33,34,35). The third kappa shape index (κ3) is 5.74. The molecule has 4 aliphatic carbocycles. The van der Waals surface area contributed by atoms with Gasteiger partial charge in [-0.1, -0.05) is 0 Å². The molecule has 0 radical (unpaired) electrons. The molecule has 0 aromatic heterocycles. The van der Waals surface area contributed by atoms with E-state index in [4.69, 9.17) is 9.29 Å². The fraction of sp³-hybridized carbons (Fsp3) is 0.720. The molecule has 0 aliphatic heterocycles. The van der Waals surface area contributed by atoms with Gasteiger partial charge in [-0.25, -0.2) is 0 Å². The monoisotopic (exact) mass is 668 g/mol. The summed E-state index contributed by atoms with van der Waals surface area (Å²) >= 11 is 1.11. The normalized spacial score (nSPS) is 26.7. The van der Waals surface area contributed by atoms with Crippen LogP contribution in [0.25, 0.3) is 0 Å². The maximum Gasteiger partial charge on any atom is 0.450 e. The number of carbonyl (C=O) groups is 1. The van der Waals surface area contributed by atoms with E-state index in [-0.39, 0.29) is 17.6 Å². The van der Waals surface area contributed by atoms with Crippen molar-refractivity contribution in [2.75, 3.05) is 5.75 Å². The van der Waals surface area contributed by atoms with Crippen LogP contribution in [0.15, 0.2) is 29.2 Å². The Kier molecular flexibility index (Phi) is 8.47. The second-order valence-corrected chi connectivity index (χ2v) is 16.1. The zero-order valence-corrected chi connectivity index (χ0v) is 24.9. The summed E-state index contributed by atoms with van der Waals surface area (Å²) in [4.78, 5) is 13.1. The van der Waals surface area contributed by atoms with Gasteiger partial charge in [-0.3, -0.25) is 9.35 Å². The van der Waals surface area contributed by atoms with Crippen LogP contribution in [0, 0.1) is 23.2 Å². The summed E-state index contributed by atoms with van der Waals surface area (Å²) in [5.41, 5.74) is -0.677. The Morgan fingerprint density at radius 1 is 0.905 bits per heavy atom. The fourth-order valence-corrected chi connectivity index (χ4v) is 9.06. The Morgan fingerprint density at radius 2 is 1.38 bits per heavy atom. The number of halogens is 6. The van der Waals surface area contributed by atoms with E-state index in [0.29, 0.717) is 22.6 Å². The van der Waals surface area contributed by atoms with E-state index < -0.39 is 54.0 Å². The van der Waals surface area contributed by atoms with Gasteiger partial charge in [0.05, 0.1) is 6.42 Å². The van der Waals surface area contributed by atoms with Gasteiger partial charge < -0.3 is 8.92 Å². The number of benzene rings is 1. The predicted octanol–water partition coefficient (Wildman–Crippen LogP) is 6.12. The van der Waals surface area contributed by atoms with Gasteiger partial charge >= 0.3 is 42.6 Å². The molecule has 1 aromatic carbocycles. The lowest BCUT2D eigenvalue weighted by molar-refractivity contribution is -0.247. The van der Waals surface area contributed by atoms with Crippen molar-refractivity contribution in [3.63, 3.8) is 0 Å². The SMILES string of the molecule is CC(C)(OC(=O)CCSc1ccc(OS(=O)(=O)C(F)(F)C(F)(F)C(F)(F)S(=O)(=O)O)cc1)C12CC3CC(CC(C3)C1)C2. The van der Waals surface area contributed by atoms with Crippen LogP contribution in [0.4, 0.5) is 26.3 Å². The van der Waals surface area contributed by atoms with Crippen molar-refractivity contribution in [3.05, 3.63) is 24.3 Å². The Bertz CT molecular complexity index is 1380. The molecule has 0 atom stereocenters. The first-order valence-corrected chi connectivity index (χ1v) is 16.9. The molecule has 17 heteroatoms. The molecular weight excluding hydrogens is 638 g/mol. The minimum Gasteiger partial charge on any atom is -0.459 e. The van der Waals surface area contributed by atoms with Gasteiger partial charge in [0.1, 0.15) is 11.4 Å². The smallest absolute Gasteiger partial charge is 0.450 e. The largest absolute Gasteiger partial charge is 0.459 e. The highest BCUT2D eigenvalue weighted by atomic mass is 32.2. The number of hydrogen-bond donors (Lipinski definition) is 1. The topological polar surface area (TPSA) is 124 Å². The molecule has 1 N–H and O–H groups in total. The molecule has 238 valence electrons. The van der Waals surface area contributed by atoms with Gasteiger partial charge in [0.15, 0.2) is 0 Å². The molecule has 8 nitrogen and oxygen atoms in total. The zero-order chi connectivity index (χ0) is 31.6. The van der Waals surface area contributed by atoms with E-state index in [0.717, 1.165) is 55.3 Å². The quantitative estimate of drug-likeness (QED) is 0.0922. The second kappa shape index (κ2) is 10.7. The second-order valence-electron chi connectivity index (χ2n) is 11.9. The molecule has 5 rings (SSSR count). The maximum absolute atomic E-state index is 14.0. The van der Waals surface area contributed by atoms with Gasteiger partial charge in [0.25, 0.3) is 0 Å². The number of esters is 1. The van der Waals surface area contributed by atoms with E-state index in [1.807, 2.05) is 13.8 Å². The highest BCUT2D eigenvalue weighted by Gasteiger charge is 2.83. The van der Waals surface area contributed by atoms with Crippen molar-refractivity contribution in [2.45, 2.75) is 85.7 Å². The first kappa shape index (κ1) is 33.2. The minimum absolute atomic E-state index is 0.0242. The van der Waals surface area contributed by atoms with Gasteiger partial charge in [-0.05, 0) is 94.4 Å². The third-order valence-electron chi connectivity index (χ3n) is 8.66. The van der Waals surface area contributed by atoms with Crippen LogP contribution in [0.1, 0.15) is 58.8 Å². The lowest BCUT2D eigenvalue weighted by atomic mass is 9.46. The van der Waals surface area contributed by atoms with Crippen LogP contribution in [0.2, 0.25) is 0 Å². The van der Waals surface area contributed by atoms with Crippen molar-refractivity contribution in [2.24, 2.45) is 23.2 Å². The Morgan fingerprint density at radius 3 is 1.83 bits per heavy atom. The van der Waals surface area contributed by atoms with E-state index in [2.05, 4.69) is 4.18 Å². The summed E-state index contributed by atoms with van der Waals surface area (Å²) in [6, 6.07) is 3.82. The highest BCUT2D eigenvalue weighted by Crippen LogP contribution is 2.64. The molecule has 4 fully saturated rings. The van der Waals surface area contributed by atoms with Gasteiger partial charge in [0, 0.05) is 16.1 Å². The number of rotatable bonds is 12. The van der Waals surface area contributed by atoms with Crippen molar-refractivity contribution in [1.82, 2.24) is 0 Å². The van der Waals surface area contributed by atoms with Crippen molar-refractivity contribution >= 4 is 38.0 Å². The number of hydrogen-bond acceptors (Lipinski definition) is 8. The number of ether oxygens (including phenoxy) is 1. The molecule has 0 spiro atoms. The molecule has 4 aliphatic rings. The number of alkyl halides is 6. The summed E-state index contributed by atoms with van der Waals surface area (Å²) in [6.45, 7) is 3.92. The van der Waals surface area contributed by atoms with E-state index in [9.17, 15) is 48.0 Å². The summed E-state index contributed by atoms with van der Waals surface area (Å²) in [7, 11) is -14.0. The molecule has 42 heavy (non-hydrogen) atoms. The van der Waals surface area contributed by atoms with E-state index in [1.54, 1.807) is 0 Å². The lowest BCUT2D eigenvalue weighted by Gasteiger charge is -2.61. The predicted molar refractivity (Wildman–Crippen MR) is 138 cm³/mol. The zero-order valence-electron chi connectivity index (χ0n) is 22.5. The van der Waals surface area contributed by atoms with Gasteiger partial charge in [-0.15, -0.1) is 11.8 Å². The summed E-state index contributed by atoms with van der Waals surface area (Å²) in [6.07, 6.45) is 6.90.